The number of nitrogens with two attached hydrogens (primary N) is 1. The Morgan fingerprint density at radius 3 is 2.52 bits per heavy atom. The number of carbonyl (C=O) groups excluding carboxylic acids is 1. The monoisotopic (exact) mass is 312 g/mol. The van der Waals surface area contributed by atoms with Crippen LogP contribution in [0.1, 0.15) is 6.92 Å². The number of rotatable bonds is 2. The predicted molar refractivity (Wildman–Crippen MR) is 86.6 cm³/mol. The molecule has 3 N–H and O–H groups in total. The first kappa shape index (κ1) is 14.8. The van der Waals surface area contributed by atoms with Gasteiger partial charge >= 0.3 is 0 Å². The standard InChI is InChI=1S/C17H13FN2O3/c1-9(21)20-11-4-2-10(3-5-11)15-8-13(22)16-14(23-15)7-6-12(18)17(16)19/h2-8H,19H2,1H3,(H,20,21). The number of halogens is 1. The molecule has 1 aromatic heterocycles. The number of hydrogen-bond donors (Lipinski definition) is 2. The zero-order valence-corrected chi connectivity index (χ0v) is 12.2. The summed E-state index contributed by atoms with van der Waals surface area (Å²) in [6.45, 7) is 1.42. The molecule has 0 aliphatic rings. The zero-order chi connectivity index (χ0) is 16.6. The summed E-state index contributed by atoms with van der Waals surface area (Å²) in [6, 6.07) is 10.6. The van der Waals surface area contributed by atoms with Crippen molar-refractivity contribution in [1.82, 2.24) is 0 Å². The van der Waals surface area contributed by atoms with E-state index in [0.29, 0.717) is 17.0 Å². The van der Waals surface area contributed by atoms with Crippen molar-refractivity contribution in [2.75, 3.05) is 11.1 Å². The van der Waals surface area contributed by atoms with Gasteiger partial charge in [0.25, 0.3) is 0 Å². The van der Waals surface area contributed by atoms with Crippen LogP contribution in [-0.4, -0.2) is 5.91 Å². The molecule has 23 heavy (non-hydrogen) atoms. The van der Waals surface area contributed by atoms with Gasteiger partial charge in [0, 0.05) is 24.2 Å². The average Bonchev–Trinajstić information content (AvgIpc) is 2.50. The molecule has 5 nitrogen and oxygen atoms in total. The average molecular weight is 312 g/mol. The number of amides is 1. The van der Waals surface area contributed by atoms with Gasteiger partial charge in [-0.1, -0.05) is 0 Å². The first-order chi connectivity index (χ1) is 11.0. The summed E-state index contributed by atoms with van der Waals surface area (Å²) in [5.41, 5.74) is 6.48. The van der Waals surface area contributed by atoms with Gasteiger partial charge in [0.05, 0.1) is 11.1 Å². The molecule has 0 bridgehead atoms. The van der Waals surface area contributed by atoms with E-state index in [9.17, 15) is 14.0 Å². The summed E-state index contributed by atoms with van der Waals surface area (Å²) in [5.74, 6) is -0.493. The molecular weight excluding hydrogens is 299 g/mol. The van der Waals surface area contributed by atoms with E-state index in [1.807, 2.05) is 0 Å². The smallest absolute Gasteiger partial charge is 0.221 e. The largest absolute Gasteiger partial charge is 0.456 e. The van der Waals surface area contributed by atoms with Gasteiger partial charge in [-0.25, -0.2) is 4.39 Å². The molecule has 6 heteroatoms. The fraction of sp³-hybridized carbons (Fsp3) is 0.0588. The Hall–Kier alpha value is -3.15. The minimum atomic E-state index is -0.655. The second-order valence-electron chi connectivity index (χ2n) is 5.07. The van der Waals surface area contributed by atoms with Gasteiger partial charge in [-0.2, -0.15) is 0 Å². The van der Waals surface area contributed by atoms with Crippen molar-refractivity contribution in [2.24, 2.45) is 0 Å². The molecule has 1 heterocycles. The summed E-state index contributed by atoms with van der Waals surface area (Å²) in [7, 11) is 0. The van der Waals surface area contributed by atoms with E-state index in [4.69, 9.17) is 10.2 Å². The Balaban J connectivity index is 2.09. The molecular formula is C17H13FN2O3. The molecule has 0 fully saturated rings. The van der Waals surface area contributed by atoms with Gasteiger partial charge in [0.2, 0.25) is 5.91 Å². The fourth-order valence-electron chi connectivity index (χ4n) is 2.32. The number of hydrogen-bond acceptors (Lipinski definition) is 4. The lowest BCUT2D eigenvalue weighted by Gasteiger charge is -2.07. The molecule has 0 radical (unpaired) electrons. The quantitative estimate of drug-likeness (QED) is 0.712. The second-order valence-corrected chi connectivity index (χ2v) is 5.07. The third kappa shape index (κ3) is 2.78. The van der Waals surface area contributed by atoms with Crippen molar-refractivity contribution >= 4 is 28.3 Å². The van der Waals surface area contributed by atoms with Crippen molar-refractivity contribution in [3.63, 3.8) is 0 Å². The van der Waals surface area contributed by atoms with Crippen LogP contribution in [0.4, 0.5) is 15.8 Å². The third-order valence-corrected chi connectivity index (χ3v) is 3.37. The van der Waals surface area contributed by atoms with Crippen LogP contribution in [0.2, 0.25) is 0 Å². The Morgan fingerprint density at radius 2 is 1.87 bits per heavy atom. The Kier molecular flexibility index (Phi) is 3.57. The van der Waals surface area contributed by atoms with Gasteiger partial charge in [0.15, 0.2) is 5.43 Å². The number of carbonyl (C=O) groups is 1. The number of fused-ring (bicyclic) bond motifs is 1. The van der Waals surface area contributed by atoms with E-state index < -0.39 is 11.2 Å². The lowest BCUT2D eigenvalue weighted by molar-refractivity contribution is -0.114. The molecule has 2 aromatic carbocycles. The maximum absolute atomic E-state index is 13.5. The summed E-state index contributed by atoms with van der Waals surface area (Å²) in [6.07, 6.45) is 0. The molecule has 0 atom stereocenters. The lowest BCUT2D eigenvalue weighted by Crippen LogP contribution is -2.06. The zero-order valence-electron chi connectivity index (χ0n) is 12.2. The van der Waals surface area contributed by atoms with Crippen LogP contribution in [0.25, 0.3) is 22.3 Å². The molecule has 0 spiro atoms. The summed E-state index contributed by atoms with van der Waals surface area (Å²) in [4.78, 5) is 23.2. The van der Waals surface area contributed by atoms with Crippen LogP contribution in [0.5, 0.6) is 0 Å². The topological polar surface area (TPSA) is 85.3 Å². The number of nitrogen functional groups attached to an aromatic ring is 1. The Morgan fingerprint density at radius 1 is 1.17 bits per heavy atom. The Bertz CT molecular complexity index is 962. The third-order valence-electron chi connectivity index (χ3n) is 3.37. The first-order valence-electron chi connectivity index (χ1n) is 6.85. The minimum Gasteiger partial charge on any atom is -0.456 e. The highest BCUT2D eigenvalue weighted by Gasteiger charge is 2.12. The SMILES string of the molecule is CC(=O)Nc1ccc(-c2cc(=O)c3c(N)c(F)ccc3o2)cc1. The van der Waals surface area contributed by atoms with Crippen LogP contribution in [0.15, 0.2) is 51.7 Å². The highest BCUT2D eigenvalue weighted by molar-refractivity contribution is 5.90. The normalized spacial score (nSPS) is 10.7. The number of anilines is 2. The summed E-state index contributed by atoms with van der Waals surface area (Å²) < 4.78 is 19.1. The van der Waals surface area contributed by atoms with Crippen LogP contribution in [0, 0.1) is 5.82 Å². The summed E-state index contributed by atoms with van der Waals surface area (Å²) in [5, 5.41) is 2.68. The van der Waals surface area contributed by atoms with Crippen molar-refractivity contribution in [3.8, 4) is 11.3 Å². The van der Waals surface area contributed by atoms with E-state index in [-0.39, 0.29) is 22.6 Å². The van der Waals surface area contributed by atoms with Gasteiger partial charge in [-0.05, 0) is 36.4 Å². The molecule has 0 aliphatic heterocycles. The Labute approximate surface area is 130 Å². The highest BCUT2D eigenvalue weighted by atomic mass is 19.1. The first-order valence-corrected chi connectivity index (χ1v) is 6.85. The molecule has 3 aromatic rings. The van der Waals surface area contributed by atoms with Crippen LogP contribution in [-0.2, 0) is 4.79 Å². The van der Waals surface area contributed by atoms with E-state index >= 15 is 0 Å². The van der Waals surface area contributed by atoms with E-state index in [1.54, 1.807) is 24.3 Å². The van der Waals surface area contributed by atoms with Gasteiger partial charge in [-0.15, -0.1) is 0 Å². The molecule has 0 aliphatic carbocycles. The molecule has 0 saturated carbocycles. The van der Waals surface area contributed by atoms with E-state index in [0.717, 1.165) is 6.07 Å². The molecule has 3 rings (SSSR count). The van der Waals surface area contributed by atoms with E-state index in [2.05, 4.69) is 5.32 Å². The number of nitrogens with one attached hydrogen (secondary N) is 1. The lowest BCUT2D eigenvalue weighted by atomic mass is 10.1. The van der Waals surface area contributed by atoms with Crippen LogP contribution in [0.3, 0.4) is 0 Å². The van der Waals surface area contributed by atoms with Gasteiger partial charge in [0.1, 0.15) is 17.2 Å². The molecule has 0 unspecified atom stereocenters. The van der Waals surface area contributed by atoms with Gasteiger partial charge < -0.3 is 15.5 Å². The molecule has 116 valence electrons. The molecule has 1 amide bonds. The maximum Gasteiger partial charge on any atom is 0.221 e. The van der Waals surface area contributed by atoms with Crippen molar-refractivity contribution in [1.29, 1.82) is 0 Å². The maximum atomic E-state index is 13.5. The van der Waals surface area contributed by atoms with Crippen LogP contribution >= 0.6 is 0 Å². The summed E-state index contributed by atoms with van der Waals surface area (Å²) >= 11 is 0. The van der Waals surface area contributed by atoms with Crippen molar-refractivity contribution in [3.05, 3.63) is 58.5 Å². The second kappa shape index (κ2) is 5.57. The minimum absolute atomic E-state index is 0.0311. The number of benzene rings is 2. The van der Waals surface area contributed by atoms with Gasteiger partial charge in [-0.3, -0.25) is 9.59 Å². The molecule has 0 saturated heterocycles. The predicted octanol–water partition coefficient (Wildman–Crippen LogP) is 3.14. The van der Waals surface area contributed by atoms with Crippen LogP contribution < -0.4 is 16.5 Å². The van der Waals surface area contributed by atoms with Crippen molar-refractivity contribution in [2.45, 2.75) is 6.92 Å². The van der Waals surface area contributed by atoms with Crippen molar-refractivity contribution < 1.29 is 13.6 Å². The highest BCUT2D eigenvalue weighted by Crippen LogP contribution is 2.27. The fourth-order valence-corrected chi connectivity index (χ4v) is 2.32. The van der Waals surface area contributed by atoms with E-state index in [1.165, 1.54) is 19.1 Å².